The highest BCUT2D eigenvalue weighted by atomic mass is 35.5. The average molecular weight is 575 g/mol. The number of rotatable bonds is 8. The second-order valence-corrected chi connectivity index (χ2v) is 11.6. The van der Waals surface area contributed by atoms with Crippen LogP contribution in [0.15, 0.2) is 72.8 Å². The maximum Gasteiger partial charge on any atom is 0.247 e. The SMILES string of the molecule is CC(C)(C)NC(=O)[C@H](c1ccc(N2CCOCC2)cc1)N(Cc1ccccc1Cl)C(=O)Cn1nnc2ccccc21. The van der Waals surface area contributed by atoms with E-state index in [0.717, 1.165) is 29.9 Å². The van der Waals surface area contributed by atoms with Crippen LogP contribution in [0, 0.1) is 0 Å². The molecule has 1 aliphatic heterocycles. The third-order valence-corrected chi connectivity index (χ3v) is 7.34. The Morgan fingerprint density at radius 2 is 1.68 bits per heavy atom. The topological polar surface area (TPSA) is 92.6 Å². The Morgan fingerprint density at radius 1 is 1.00 bits per heavy atom. The molecule has 5 rings (SSSR count). The molecular formula is C31H35ClN6O3. The molecule has 1 aliphatic rings. The number of nitrogens with one attached hydrogen (secondary N) is 1. The van der Waals surface area contributed by atoms with Crippen LogP contribution in [-0.2, 0) is 27.4 Å². The van der Waals surface area contributed by atoms with E-state index in [2.05, 4.69) is 20.5 Å². The van der Waals surface area contributed by atoms with Crippen LogP contribution in [0.3, 0.4) is 0 Å². The molecule has 3 aromatic carbocycles. The quantitative estimate of drug-likeness (QED) is 0.330. The van der Waals surface area contributed by atoms with Crippen molar-refractivity contribution >= 4 is 40.1 Å². The number of fused-ring (bicyclic) bond motifs is 1. The second kappa shape index (κ2) is 12.3. The lowest BCUT2D eigenvalue weighted by atomic mass is 10.00. The van der Waals surface area contributed by atoms with Crippen molar-refractivity contribution in [2.24, 2.45) is 0 Å². The van der Waals surface area contributed by atoms with E-state index in [4.69, 9.17) is 16.3 Å². The van der Waals surface area contributed by atoms with E-state index in [1.54, 1.807) is 15.6 Å². The molecule has 1 aromatic heterocycles. The van der Waals surface area contributed by atoms with Crippen LogP contribution in [0.5, 0.6) is 0 Å². The number of hydrogen-bond donors (Lipinski definition) is 1. The molecule has 10 heteroatoms. The molecule has 0 bridgehead atoms. The van der Waals surface area contributed by atoms with E-state index < -0.39 is 11.6 Å². The number of hydrogen-bond acceptors (Lipinski definition) is 6. The Bertz CT molecular complexity index is 1510. The summed E-state index contributed by atoms with van der Waals surface area (Å²) in [6.45, 7) is 8.77. The van der Waals surface area contributed by atoms with Gasteiger partial charge in [-0.05, 0) is 62.2 Å². The van der Waals surface area contributed by atoms with Crippen LogP contribution < -0.4 is 10.2 Å². The van der Waals surface area contributed by atoms with Crippen molar-refractivity contribution in [3.63, 3.8) is 0 Å². The molecule has 0 unspecified atom stereocenters. The van der Waals surface area contributed by atoms with Crippen molar-refractivity contribution in [2.45, 2.75) is 45.4 Å². The van der Waals surface area contributed by atoms with Gasteiger partial charge in [-0.2, -0.15) is 0 Å². The average Bonchev–Trinajstić information content (AvgIpc) is 3.36. The molecular weight excluding hydrogens is 540 g/mol. The highest BCUT2D eigenvalue weighted by molar-refractivity contribution is 6.31. The first-order valence-corrected chi connectivity index (χ1v) is 14.1. The standard InChI is InChI=1S/C31H35ClN6O3/c1-31(2,3)33-30(40)29(22-12-14-24(15-13-22)36-16-18-41-19-17-36)37(20-23-8-4-5-9-25(23)32)28(39)21-38-27-11-7-6-10-26(27)34-35-38/h4-15,29H,16-21H2,1-3H3,(H,33,40)/t29-/m0/s1. The van der Waals surface area contributed by atoms with E-state index in [-0.39, 0.29) is 24.9 Å². The lowest BCUT2D eigenvalue weighted by Gasteiger charge is -2.34. The molecule has 2 amide bonds. The Morgan fingerprint density at radius 3 is 2.39 bits per heavy atom. The minimum Gasteiger partial charge on any atom is -0.378 e. The van der Waals surface area contributed by atoms with Gasteiger partial charge in [-0.3, -0.25) is 9.59 Å². The zero-order valence-corrected chi connectivity index (χ0v) is 24.3. The number of para-hydroxylation sites is 1. The van der Waals surface area contributed by atoms with Gasteiger partial charge >= 0.3 is 0 Å². The lowest BCUT2D eigenvalue weighted by Crippen LogP contribution is -2.49. The highest BCUT2D eigenvalue weighted by Gasteiger charge is 2.34. The number of aromatic nitrogens is 3. The first-order valence-electron chi connectivity index (χ1n) is 13.8. The summed E-state index contributed by atoms with van der Waals surface area (Å²) in [6, 6.07) is 21.8. The van der Waals surface area contributed by atoms with Crippen molar-refractivity contribution in [3.05, 3.63) is 88.9 Å². The van der Waals surface area contributed by atoms with Gasteiger partial charge in [-0.25, -0.2) is 4.68 Å². The molecule has 41 heavy (non-hydrogen) atoms. The fraction of sp³-hybridized carbons (Fsp3) is 0.355. The number of benzene rings is 3. The molecule has 1 saturated heterocycles. The van der Waals surface area contributed by atoms with Gasteiger partial charge in [0.1, 0.15) is 18.1 Å². The first-order chi connectivity index (χ1) is 19.7. The molecule has 4 aromatic rings. The van der Waals surface area contributed by atoms with Crippen LogP contribution in [-0.4, -0.2) is 63.6 Å². The number of nitrogens with zero attached hydrogens (tertiary/aromatic N) is 5. The zero-order chi connectivity index (χ0) is 29.0. The van der Waals surface area contributed by atoms with Crippen molar-refractivity contribution in [3.8, 4) is 0 Å². The Kier molecular flexibility index (Phi) is 8.56. The van der Waals surface area contributed by atoms with Gasteiger partial charge in [0.05, 0.1) is 18.7 Å². The number of amides is 2. The van der Waals surface area contributed by atoms with E-state index in [9.17, 15) is 9.59 Å². The van der Waals surface area contributed by atoms with Crippen molar-refractivity contribution in [1.29, 1.82) is 0 Å². The van der Waals surface area contributed by atoms with E-state index in [0.29, 0.717) is 29.3 Å². The van der Waals surface area contributed by atoms with Gasteiger partial charge in [0.15, 0.2) is 0 Å². The summed E-state index contributed by atoms with van der Waals surface area (Å²) >= 11 is 6.56. The van der Waals surface area contributed by atoms with Gasteiger partial charge in [-0.1, -0.05) is 59.3 Å². The van der Waals surface area contributed by atoms with Gasteiger partial charge in [0.25, 0.3) is 0 Å². The monoisotopic (exact) mass is 574 g/mol. The fourth-order valence-electron chi connectivity index (χ4n) is 4.99. The van der Waals surface area contributed by atoms with Crippen LogP contribution in [0.1, 0.15) is 37.9 Å². The number of carbonyl (C=O) groups excluding carboxylic acids is 2. The summed E-state index contributed by atoms with van der Waals surface area (Å²) in [5.41, 5.74) is 3.41. The maximum atomic E-state index is 14.2. The Labute approximate surface area is 245 Å². The summed E-state index contributed by atoms with van der Waals surface area (Å²) < 4.78 is 7.06. The van der Waals surface area contributed by atoms with Crippen molar-refractivity contribution < 1.29 is 14.3 Å². The first kappa shape index (κ1) is 28.6. The van der Waals surface area contributed by atoms with Crippen LogP contribution >= 0.6 is 11.6 Å². The number of halogens is 1. The Balaban J connectivity index is 1.54. The summed E-state index contributed by atoms with van der Waals surface area (Å²) in [7, 11) is 0. The summed E-state index contributed by atoms with van der Waals surface area (Å²) in [5, 5.41) is 12.0. The second-order valence-electron chi connectivity index (χ2n) is 11.2. The minimum absolute atomic E-state index is 0.0872. The summed E-state index contributed by atoms with van der Waals surface area (Å²) in [5.74, 6) is -0.563. The molecule has 2 heterocycles. The number of ether oxygens (including phenoxy) is 1. The summed E-state index contributed by atoms with van der Waals surface area (Å²) in [4.78, 5) is 32.0. The van der Waals surface area contributed by atoms with Crippen molar-refractivity contribution in [2.75, 3.05) is 31.2 Å². The highest BCUT2D eigenvalue weighted by Crippen LogP contribution is 2.29. The third-order valence-electron chi connectivity index (χ3n) is 6.97. The largest absolute Gasteiger partial charge is 0.378 e. The predicted molar refractivity (Wildman–Crippen MR) is 160 cm³/mol. The van der Waals surface area contributed by atoms with Gasteiger partial charge in [0, 0.05) is 35.9 Å². The minimum atomic E-state index is -0.911. The van der Waals surface area contributed by atoms with E-state index in [1.165, 1.54) is 0 Å². The number of carbonyl (C=O) groups is 2. The van der Waals surface area contributed by atoms with E-state index >= 15 is 0 Å². The predicted octanol–water partition coefficient (Wildman–Crippen LogP) is 4.61. The van der Waals surface area contributed by atoms with Crippen LogP contribution in [0.25, 0.3) is 11.0 Å². The molecule has 0 radical (unpaired) electrons. The van der Waals surface area contributed by atoms with Gasteiger partial charge < -0.3 is 19.9 Å². The molecule has 1 fully saturated rings. The molecule has 1 atom stereocenters. The Hall–Kier alpha value is -3.95. The van der Waals surface area contributed by atoms with Crippen LogP contribution in [0.2, 0.25) is 5.02 Å². The number of morpholine rings is 1. The van der Waals surface area contributed by atoms with E-state index in [1.807, 2.05) is 87.5 Å². The van der Waals surface area contributed by atoms with Gasteiger partial charge in [-0.15, -0.1) is 5.10 Å². The maximum absolute atomic E-state index is 14.2. The lowest BCUT2D eigenvalue weighted by molar-refractivity contribution is -0.142. The fourth-order valence-corrected chi connectivity index (χ4v) is 5.18. The smallest absolute Gasteiger partial charge is 0.247 e. The molecule has 214 valence electrons. The molecule has 9 nitrogen and oxygen atoms in total. The number of anilines is 1. The molecule has 0 spiro atoms. The van der Waals surface area contributed by atoms with Gasteiger partial charge in [0.2, 0.25) is 11.8 Å². The third kappa shape index (κ3) is 6.86. The summed E-state index contributed by atoms with van der Waals surface area (Å²) in [6.07, 6.45) is 0. The zero-order valence-electron chi connectivity index (χ0n) is 23.6. The molecule has 0 saturated carbocycles. The van der Waals surface area contributed by atoms with Crippen LogP contribution in [0.4, 0.5) is 5.69 Å². The van der Waals surface area contributed by atoms with Crippen molar-refractivity contribution in [1.82, 2.24) is 25.2 Å². The molecule has 0 aliphatic carbocycles. The molecule has 1 N–H and O–H groups in total. The normalized spacial score (nSPS) is 14.6.